The molecule has 0 aliphatic carbocycles. The first-order valence-corrected chi connectivity index (χ1v) is 5.80. The van der Waals surface area contributed by atoms with E-state index in [9.17, 15) is 9.90 Å². The lowest BCUT2D eigenvalue weighted by atomic mass is 10.1. The maximum absolute atomic E-state index is 10.2. The molecule has 0 fully saturated rings. The van der Waals surface area contributed by atoms with Crippen LogP contribution in [0.4, 0.5) is 0 Å². The van der Waals surface area contributed by atoms with Crippen molar-refractivity contribution in [1.82, 2.24) is 0 Å². The van der Waals surface area contributed by atoms with Crippen molar-refractivity contribution in [1.29, 1.82) is 0 Å². The number of aliphatic carboxylic acids is 1. The molecular formula is C11H13Cl2NO2. The number of hydrogen-bond donors (Lipinski definition) is 1. The maximum Gasteiger partial charge on any atom is 0.0808 e. The summed E-state index contributed by atoms with van der Waals surface area (Å²) in [4.78, 5) is 10.2. The van der Waals surface area contributed by atoms with Gasteiger partial charge in [0.05, 0.1) is 13.1 Å². The van der Waals surface area contributed by atoms with Gasteiger partial charge in [0.25, 0.3) is 0 Å². The Bertz CT molecular complexity index is 369. The van der Waals surface area contributed by atoms with Crippen molar-refractivity contribution in [3.63, 3.8) is 0 Å². The molecule has 3 nitrogen and oxygen atoms in total. The lowest BCUT2D eigenvalue weighted by molar-refractivity contribution is -0.653. The zero-order valence-corrected chi connectivity index (χ0v) is 10.2. The van der Waals surface area contributed by atoms with E-state index in [1.165, 1.54) is 0 Å². The van der Waals surface area contributed by atoms with E-state index in [1.807, 2.05) is 11.4 Å². The van der Waals surface area contributed by atoms with Gasteiger partial charge in [-0.05, 0) is 17.7 Å². The molecule has 0 amide bonds. The Labute approximate surface area is 104 Å². The molecule has 2 N–H and O–H groups in total. The number of nitrogens with two attached hydrogens (primary N) is 1. The summed E-state index contributed by atoms with van der Waals surface area (Å²) in [7, 11) is 0. The molecule has 1 rings (SSSR count). The molecule has 0 bridgehead atoms. The fourth-order valence-electron chi connectivity index (χ4n) is 1.35. The second-order valence-corrected chi connectivity index (χ2v) is 4.32. The van der Waals surface area contributed by atoms with Crippen LogP contribution in [-0.2, 0) is 11.2 Å². The summed E-state index contributed by atoms with van der Waals surface area (Å²) < 4.78 is 0. The van der Waals surface area contributed by atoms with Crippen molar-refractivity contribution >= 4 is 29.2 Å². The molecule has 1 aromatic rings. The molecule has 0 radical (unpaired) electrons. The molecule has 16 heavy (non-hydrogen) atoms. The van der Waals surface area contributed by atoms with Crippen molar-refractivity contribution in [2.75, 3.05) is 13.1 Å². The predicted octanol–water partition coefficient (Wildman–Crippen LogP) is 0.239. The number of halogens is 2. The second-order valence-electron chi connectivity index (χ2n) is 3.47. The third-order valence-corrected chi connectivity index (χ3v) is 2.77. The number of carboxylic acids is 1. The molecule has 5 heteroatoms. The minimum atomic E-state index is -1.01. The summed E-state index contributed by atoms with van der Waals surface area (Å²) in [5.74, 6) is -1.01. The van der Waals surface area contributed by atoms with E-state index >= 15 is 0 Å². The van der Waals surface area contributed by atoms with E-state index in [-0.39, 0.29) is 6.42 Å². The first-order valence-electron chi connectivity index (χ1n) is 5.05. The highest BCUT2D eigenvalue weighted by molar-refractivity contribution is 6.35. The van der Waals surface area contributed by atoms with Gasteiger partial charge in [-0.1, -0.05) is 29.3 Å². The van der Waals surface area contributed by atoms with Crippen LogP contribution in [0.15, 0.2) is 18.2 Å². The van der Waals surface area contributed by atoms with Crippen LogP contribution >= 0.6 is 23.2 Å². The molecule has 1 aromatic carbocycles. The topological polar surface area (TPSA) is 56.7 Å². The third kappa shape index (κ3) is 4.84. The van der Waals surface area contributed by atoms with Gasteiger partial charge in [-0.2, -0.15) is 0 Å². The highest BCUT2D eigenvalue weighted by Gasteiger charge is 2.02. The van der Waals surface area contributed by atoms with E-state index in [4.69, 9.17) is 23.2 Å². The first kappa shape index (κ1) is 13.3. The smallest absolute Gasteiger partial charge is 0.0808 e. The van der Waals surface area contributed by atoms with Crippen LogP contribution in [0.1, 0.15) is 12.0 Å². The van der Waals surface area contributed by atoms with Gasteiger partial charge in [0.1, 0.15) is 0 Å². The molecule has 0 aliphatic rings. The highest BCUT2D eigenvalue weighted by Crippen LogP contribution is 2.20. The Kier molecular flexibility index (Phi) is 5.60. The number of benzene rings is 1. The lowest BCUT2D eigenvalue weighted by Crippen LogP contribution is -2.85. The van der Waals surface area contributed by atoms with Crippen molar-refractivity contribution in [3.05, 3.63) is 33.8 Å². The molecule has 0 spiro atoms. The van der Waals surface area contributed by atoms with Crippen LogP contribution < -0.4 is 10.4 Å². The van der Waals surface area contributed by atoms with Crippen LogP contribution in [0.5, 0.6) is 0 Å². The summed E-state index contributed by atoms with van der Waals surface area (Å²) in [5, 5.41) is 13.4. The molecule has 0 saturated carbocycles. The van der Waals surface area contributed by atoms with E-state index in [2.05, 4.69) is 0 Å². The molecule has 0 saturated heterocycles. The quantitative estimate of drug-likeness (QED) is 0.746. The highest BCUT2D eigenvalue weighted by atomic mass is 35.5. The van der Waals surface area contributed by atoms with E-state index in [0.717, 1.165) is 18.5 Å². The van der Waals surface area contributed by atoms with E-state index in [0.29, 0.717) is 16.6 Å². The zero-order valence-electron chi connectivity index (χ0n) is 8.71. The van der Waals surface area contributed by atoms with Gasteiger partial charge in [-0.25, -0.2) is 0 Å². The number of rotatable bonds is 6. The molecule has 0 aromatic heterocycles. The van der Waals surface area contributed by atoms with Crippen molar-refractivity contribution in [2.24, 2.45) is 0 Å². The summed E-state index contributed by atoms with van der Waals surface area (Å²) in [6.45, 7) is 1.34. The number of quaternary nitrogens is 1. The number of carbonyl (C=O) groups is 1. The van der Waals surface area contributed by atoms with Gasteiger partial charge in [0, 0.05) is 28.9 Å². The van der Waals surface area contributed by atoms with E-state index in [1.54, 1.807) is 12.1 Å². The van der Waals surface area contributed by atoms with Gasteiger partial charge in [-0.3, -0.25) is 0 Å². The minimum Gasteiger partial charge on any atom is -0.550 e. The minimum absolute atomic E-state index is 0.0777. The molecule has 88 valence electrons. The van der Waals surface area contributed by atoms with Crippen molar-refractivity contribution in [2.45, 2.75) is 12.8 Å². The Hall–Kier alpha value is -0.770. The average molecular weight is 262 g/mol. The van der Waals surface area contributed by atoms with Gasteiger partial charge >= 0.3 is 0 Å². The van der Waals surface area contributed by atoms with Gasteiger partial charge in [0.15, 0.2) is 0 Å². The monoisotopic (exact) mass is 261 g/mol. The molecule has 0 heterocycles. The van der Waals surface area contributed by atoms with Crippen LogP contribution in [0, 0.1) is 0 Å². The lowest BCUT2D eigenvalue weighted by Gasteiger charge is -2.05. The second kappa shape index (κ2) is 6.74. The van der Waals surface area contributed by atoms with Crippen molar-refractivity contribution in [3.8, 4) is 0 Å². The summed E-state index contributed by atoms with van der Waals surface area (Å²) in [5.41, 5.74) is 1.02. The van der Waals surface area contributed by atoms with E-state index < -0.39 is 5.97 Å². The molecule has 0 atom stereocenters. The fourth-order valence-corrected chi connectivity index (χ4v) is 1.85. The maximum atomic E-state index is 10.2. The number of carbonyl (C=O) groups excluding carboxylic acids is 1. The van der Waals surface area contributed by atoms with Crippen LogP contribution in [-0.4, -0.2) is 19.1 Å². The fraction of sp³-hybridized carbons (Fsp3) is 0.364. The SMILES string of the molecule is O=C([O-])CC[NH2+]CCc1ccc(Cl)cc1Cl. The van der Waals surface area contributed by atoms with Gasteiger partial charge in [-0.15, -0.1) is 0 Å². The Morgan fingerprint density at radius 3 is 2.69 bits per heavy atom. The normalized spacial score (nSPS) is 10.4. The van der Waals surface area contributed by atoms with Crippen LogP contribution in [0.25, 0.3) is 0 Å². The average Bonchev–Trinajstić information content (AvgIpc) is 2.20. The van der Waals surface area contributed by atoms with Crippen molar-refractivity contribution < 1.29 is 15.2 Å². The molecule has 0 unspecified atom stereocenters. The number of carboxylic acid groups (broad SMARTS) is 1. The first-order chi connectivity index (χ1) is 7.59. The van der Waals surface area contributed by atoms with Crippen LogP contribution in [0.3, 0.4) is 0 Å². The Morgan fingerprint density at radius 2 is 2.06 bits per heavy atom. The summed E-state index contributed by atoms with van der Waals surface area (Å²) in [6.07, 6.45) is 0.872. The zero-order chi connectivity index (χ0) is 12.0. The van der Waals surface area contributed by atoms with Gasteiger partial charge in [0.2, 0.25) is 0 Å². The Balaban J connectivity index is 2.29. The van der Waals surface area contributed by atoms with Crippen LogP contribution in [0.2, 0.25) is 10.0 Å². The Morgan fingerprint density at radius 1 is 1.31 bits per heavy atom. The number of hydrogen-bond acceptors (Lipinski definition) is 2. The summed E-state index contributed by atoms with van der Waals surface area (Å²) in [6, 6.07) is 5.39. The molecule has 0 aliphatic heterocycles. The summed E-state index contributed by atoms with van der Waals surface area (Å²) >= 11 is 11.8. The predicted molar refractivity (Wildman–Crippen MR) is 61.4 cm³/mol. The van der Waals surface area contributed by atoms with Gasteiger partial charge < -0.3 is 15.2 Å². The third-order valence-electron chi connectivity index (χ3n) is 2.19. The largest absolute Gasteiger partial charge is 0.550 e. The molecular weight excluding hydrogens is 249 g/mol. The standard InChI is InChI=1S/C11H13Cl2NO2/c12-9-2-1-8(10(13)7-9)3-5-14-6-4-11(15)16/h1-2,7,14H,3-6H2,(H,15,16).